The summed E-state index contributed by atoms with van der Waals surface area (Å²) in [5.41, 5.74) is 7.44. The van der Waals surface area contributed by atoms with Crippen LogP contribution >= 0.6 is 23.3 Å². The average molecular weight is 458 g/mol. The summed E-state index contributed by atoms with van der Waals surface area (Å²) in [6.45, 7) is 8.62. The Hall–Kier alpha value is -1.98. The molecular formula is C21H27N7OS2. The van der Waals surface area contributed by atoms with E-state index in [0.717, 1.165) is 76.1 Å². The quantitative estimate of drug-likeness (QED) is 0.581. The Labute approximate surface area is 190 Å². The fourth-order valence-electron chi connectivity index (χ4n) is 4.06. The van der Waals surface area contributed by atoms with Gasteiger partial charge in [-0.3, -0.25) is 4.90 Å². The number of hydrogen-bond acceptors (Lipinski definition) is 10. The minimum absolute atomic E-state index is 0.276. The van der Waals surface area contributed by atoms with Gasteiger partial charge in [0, 0.05) is 68.6 Å². The predicted molar refractivity (Wildman–Crippen MR) is 128 cm³/mol. The summed E-state index contributed by atoms with van der Waals surface area (Å²) in [7, 11) is 0. The second-order valence-corrected chi connectivity index (χ2v) is 9.80. The monoisotopic (exact) mass is 457 g/mol. The second-order valence-electron chi connectivity index (χ2n) is 7.78. The molecule has 5 heterocycles. The highest BCUT2D eigenvalue weighted by atomic mass is 32.2. The summed E-state index contributed by atoms with van der Waals surface area (Å²) in [6.07, 6.45) is 5.65. The number of aromatic nitrogens is 3. The molecule has 0 radical (unpaired) electrons. The second kappa shape index (κ2) is 9.25. The predicted octanol–water partition coefficient (Wildman–Crippen LogP) is 2.57. The molecule has 2 aliphatic rings. The van der Waals surface area contributed by atoms with Crippen molar-refractivity contribution in [2.75, 3.05) is 69.4 Å². The highest BCUT2D eigenvalue weighted by Gasteiger charge is 2.21. The highest BCUT2D eigenvalue weighted by Crippen LogP contribution is 2.37. The zero-order valence-corrected chi connectivity index (χ0v) is 19.3. The molecule has 2 fully saturated rings. The number of ether oxygens (including phenoxy) is 1. The maximum atomic E-state index is 5.68. The molecule has 2 saturated heterocycles. The van der Waals surface area contributed by atoms with Crippen LogP contribution in [-0.4, -0.2) is 82.9 Å². The Morgan fingerprint density at radius 2 is 1.81 bits per heavy atom. The summed E-state index contributed by atoms with van der Waals surface area (Å²) < 4.78 is 9.26. The molecule has 2 aliphatic heterocycles. The standard InChI is InChI=1S/C21H27N7OS2/c1-30-28-4-2-26(3-5-28)14-17-10-15-11-18(16-12-23-21(22)24-13-16)25-20(19(15)31-17)27-6-8-29-9-7-27/h10-13H,2-9,14H2,1H3,(H2,22,23,24). The Kier molecular flexibility index (Phi) is 6.24. The molecule has 0 aliphatic carbocycles. The summed E-state index contributed by atoms with van der Waals surface area (Å²) in [5, 5.41) is 1.23. The first-order valence-electron chi connectivity index (χ1n) is 10.5. The molecule has 164 valence electrons. The van der Waals surface area contributed by atoms with Crippen LogP contribution in [0, 0.1) is 0 Å². The van der Waals surface area contributed by atoms with E-state index in [-0.39, 0.29) is 5.95 Å². The van der Waals surface area contributed by atoms with Gasteiger partial charge < -0.3 is 15.4 Å². The van der Waals surface area contributed by atoms with Crippen LogP contribution in [0.5, 0.6) is 0 Å². The van der Waals surface area contributed by atoms with Gasteiger partial charge in [0.15, 0.2) is 0 Å². The number of thiophene rings is 1. The van der Waals surface area contributed by atoms with Crippen molar-refractivity contribution in [3.8, 4) is 11.3 Å². The van der Waals surface area contributed by atoms with Gasteiger partial charge in [-0.05, 0) is 23.8 Å². The fourth-order valence-corrected chi connectivity index (χ4v) is 5.79. The molecule has 3 aromatic heterocycles. The van der Waals surface area contributed by atoms with Gasteiger partial charge in [-0.15, -0.1) is 11.3 Å². The van der Waals surface area contributed by atoms with E-state index in [2.05, 4.69) is 42.5 Å². The van der Waals surface area contributed by atoms with E-state index in [9.17, 15) is 0 Å². The molecule has 0 aromatic carbocycles. The van der Waals surface area contributed by atoms with Crippen molar-refractivity contribution in [3.05, 3.63) is 29.4 Å². The Morgan fingerprint density at radius 1 is 1.06 bits per heavy atom. The van der Waals surface area contributed by atoms with Crippen molar-refractivity contribution >= 4 is 45.1 Å². The topological polar surface area (TPSA) is 83.6 Å². The van der Waals surface area contributed by atoms with E-state index in [4.69, 9.17) is 15.5 Å². The Balaban J connectivity index is 1.48. The van der Waals surface area contributed by atoms with Gasteiger partial charge in [-0.1, -0.05) is 11.9 Å². The summed E-state index contributed by atoms with van der Waals surface area (Å²) in [5.74, 6) is 1.31. The minimum atomic E-state index is 0.276. The van der Waals surface area contributed by atoms with Crippen molar-refractivity contribution < 1.29 is 4.74 Å². The fraction of sp³-hybridized carbons (Fsp3) is 0.476. The molecule has 0 saturated carbocycles. The van der Waals surface area contributed by atoms with Crippen LogP contribution in [0.15, 0.2) is 24.5 Å². The molecule has 5 rings (SSSR count). The van der Waals surface area contributed by atoms with Crippen molar-refractivity contribution in [3.63, 3.8) is 0 Å². The number of rotatable bonds is 5. The Bertz CT molecular complexity index is 1030. The summed E-state index contributed by atoms with van der Waals surface area (Å²) >= 11 is 3.71. The van der Waals surface area contributed by atoms with E-state index in [1.807, 2.05) is 23.3 Å². The zero-order chi connectivity index (χ0) is 21.2. The van der Waals surface area contributed by atoms with Crippen LogP contribution in [0.1, 0.15) is 4.88 Å². The number of anilines is 2. The van der Waals surface area contributed by atoms with Crippen LogP contribution in [0.3, 0.4) is 0 Å². The van der Waals surface area contributed by atoms with Crippen LogP contribution < -0.4 is 10.6 Å². The molecule has 0 bridgehead atoms. The van der Waals surface area contributed by atoms with Crippen LogP contribution in [0.25, 0.3) is 21.3 Å². The maximum Gasteiger partial charge on any atom is 0.219 e. The Morgan fingerprint density at radius 3 is 2.52 bits per heavy atom. The third-order valence-electron chi connectivity index (χ3n) is 5.78. The van der Waals surface area contributed by atoms with Crippen molar-refractivity contribution in [2.45, 2.75) is 6.54 Å². The number of hydrogen-bond donors (Lipinski definition) is 1. The molecule has 0 amide bonds. The van der Waals surface area contributed by atoms with Gasteiger partial charge in [0.25, 0.3) is 0 Å². The number of nitrogen functional groups attached to an aromatic ring is 1. The summed E-state index contributed by atoms with van der Waals surface area (Å²) in [4.78, 5) is 19.6. The SMILES string of the molecule is CSN1CCN(Cc2cc3cc(-c4cnc(N)nc4)nc(N4CCOCC4)c3s2)CC1. The molecule has 0 unspecified atom stereocenters. The van der Waals surface area contributed by atoms with Crippen LogP contribution in [0.4, 0.5) is 11.8 Å². The molecule has 31 heavy (non-hydrogen) atoms. The first-order chi connectivity index (χ1) is 15.2. The lowest BCUT2D eigenvalue weighted by Gasteiger charge is -2.32. The van der Waals surface area contributed by atoms with Gasteiger partial charge in [0.05, 0.1) is 23.6 Å². The lowest BCUT2D eigenvalue weighted by Crippen LogP contribution is -2.42. The third kappa shape index (κ3) is 4.63. The van der Waals surface area contributed by atoms with E-state index in [1.165, 1.54) is 15.0 Å². The van der Waals surface area contributed by atoms with E-state index in [0.29, 0.717) is 0 Å². The molecule has 0 spiro atoms. The highest BCUT2D eigenvalue weighted by molar-refractivity contribution is 7.96. The lowest BCUT2D eigenvalue weighted by atomic mass is 10.1. The zero-order valence-electron chi connectivity index (χ0n) is 17.7. The molecule has 0 atom stereocenters. The minimum Gasteiger partial charge on any atom is -0.378 e. The smallest absolute Gasteiger partial charge is 0.219 e. The third-order valence-corrected chi connectivity index (χ3v) is 7.79. The molecule has 10 heteroatoms. The van der Waals surface area contributed by atoms with E-state index >= 15 is 0 Å². The van der Waals surface area contributed by atoms with Gasteiger partial charge >= 0.3 is 0 Å². The molecule has 2 N–H and O–H groups in total. The van der Waals surface area contributed by atoms with Crippen molar-refractivity contribution in [1.29, 1.82) is 0 Å². The van der Waals surface area contributed by atoms with Gasteiger partial charge in [-0.25, -0.2) is 19.3 Å². The summed E-state index contributed by atoms with van der Waals surface area (Å²) in [6, 6.07) is 4.48. The number of pyridine rings is 1. The van der Waals surface area contributed by atoms with Crippen molar-refractivity contribution in [1.82, 2.24) is 24.2 Å². The van der Waals surface area contributed by atoms with Gasteiger partial charge in [0.1, 0.15) is 5.82 Å². The largest absolute Gasteiger partial charge is 0.378 e. The first kappa shape index (κ1) is 20.9. The maximum absolute atomic E-state index is 5.68. The van der Waals surface area contributed by atoms with Crippen molar-refractivity contribution in [2.24, 2.45) is 0 Å². The number of piperazine rings is 1. The van der Waals surface area contributed by atoms with Crippen LogP contribution in [0.2, 0.25) is 0 Å². The normalized spacial score (nSPS) is 18.7. The number of nitrogens with two attached hydrogens (primary N) is 1. The number of morpholine rings is 1. The molecule has 3 aromatic rings. The van der Waals surface area contributed by atoms with Gasteiger partial charge in [0.2, 0.25) is 5.95 Å². The number of fused-ring (bicyclic) bond motifs is 1. The molecular weight excluding hydrogens is 430 g/mol. The van der Waals surface area contributed by atoms with E-state index < -0.39 is 0 Å². The first-order valence-corrected chi connectivity index (χ1v) is 12.5. The lowest BCUT2D eigenvalue weighted by molar-refractivity contribution is 0.122. The average Bonchev–Trinajstić information content (AvgIpc) is 3.22. The molecule has 8 nitrogen and oxygen atoms in total. The van der Waals surface area contributed by atoms with Gasteiger partial charge in [-0.2, -0.15) is 0 Å². The van der Waals surface area contributed by atoms with Crippen LogP contribution in [-0.2, 0) is 11.3 Å². The van der Waals surface area contributed by atoms with E-state index in [1.54, 1.807) is 12.4 Å². The number of nitrogens with zero attached hydrogens (tertiary/aromatic N) is 6.